The van der Waals surface area contributed by atoms with E-state index in [1.165, 1.54) is 5.17 Å². The zero-order chi connectivity index (χ0) is 29.6. The van der Waals surface area contributed by atoms with Crippen LogP contribution in [0.3, 0.4) is 0 Å². The van der Waals surface area contributed by atoms with Crippen LogP contribution in [0.25, 0.3) is 0 Å². The molecule has 0 saturated heterocycles. The van der Waals surface area contributed by atoms with Gasteiger partial charge in [-0.15, -0.1) is 0 Å². The standard InChI is InChI=1S/C7H17N2S.C6F18P/c1-6-10-7(8(2)3)9(4)5;7-1(8,9)4(16,17)25(22,23,24,5(18,19)2(10,11)12)6(20,21)3(13,14)15/h6H2,1-5H3;/q+1;-1. The predicted octanol–water partition coefficient (Wildman–Crippen LogP) is 8.12. The second-order valence-corrected chi connectivity index (χ2v) is 12.4. The Morgan fingerprint density at radius 2 is 0.857 bits per heavy atom. The van der Waals surface area contributed by atoms with E-state index in [4.69, 9.17) is 0 Å². The van der Waals surface area contributed by atoms with E-state index in [0.717, 1.165) is 5.75 Å². The van der Waals surface area contributed by atoms with Crippen LogP contribution in [-0.4, -0.2) is 84.1 Å². The van der Waals surface area contributed by atoms with Crippen molar-refractivity contribution in [1.82, 2.24) is 4.90 Å². The van der Waals surface area contributed by atoms with E-state index in [-0.39, 0.29) is 0 Å². The molecule has 0 unspecified atom stereocenters. The molecule has 22 heteroatoms. The molecule has 0 fully saturated rings. The second kappa shape index (κ2) is 9.08. The number of halogens is 18. The van der Waals surface area contributed by atoms with E-state index in [1.807, 2.05) is 11.8 Å². The number of hydrogen-bond donors (Lipinski definition) is 0. The first-order valence-corrected chi connectivity index (χ1v) is 11.5. The van der Waals surface area contributed by atoms with Crippen LogP contribution in [0.2, 0.25) is 0 Å². The molecule has 0 rings (SSSR count). The van der Waals surface area contributed by atoms with E-state index in [1.54, 1.807) is 0 Å². The molecule has 0 aromatic carbocycles. The number of alkyl halides is 15. The molecule has 35 heavy (non-hydrogen) atoms. The summed E-state index contributed by atoms with van der Waals surface area (Å²) in [5.41, 5.74) is -29.3. The van der Waals surface area contributed by atoms with Gasteiger partial charge in [0.15, 0.2) is 0 Å². The van der Waals surface area contributed by atoms with E-state index in [0.29, 0.717) is 0 Å². The van der Waals surface area contributed by atoms with Gasteiger partial charge in [-0.25, -0.2) is 0 Å². The number of thioether (sulfide) groups is 1. The van der Waals surface area contributed by atoms with Gasteiger partial charge in [0.2, 0.25) is 0 Å². The molecule has 0 N–H and O–H groups in total. The Kier molecular flexibility index (Phi) is 9.37. The average Bonchev–Trinajstić information content (AvgIpc) is 2.56. The van der Waals surface area contributed by atoms with Crippen LogP contribution in [0.1, 0.15) is 6.92 Å². The molecule has 0 aromatic rings. The van der Waals surface area contributed by atoms with Crippen LogP contribution in [0.5, 0.6) is 0 Å². The molecule has 0 amide bonds. The number of hydrogen-bond acceptors (Lipinski definition) is 1. The van der Waals surface area contributed by atoms with E-state index in [9.17, 15) is 78.4 Å². The molecule has 0 aliphatic carbocycles. The second-order valence-electron chi connectivity index (χ2n) is 6.91. The van der Waals surface area contributed by atoms with Gasteiger partial charge in [-0.1, -0.05) is 6.92 Å². The Morgan fingerprint density at radius 3 is 0.943 bits per heavy atom. The van der Waals surface area contributed by atoms with Gasteiger partial charge in [-0.2, -0.15) is 0 Å². The molecular formula is C13H17F18N2PS. The van der Waals surface area contributed by atoms with Crippen molar-refractivity contribution < 1.29 is 83.0 Å². The van der Waals surface area contributed by atoms with Crippen molar-refractivity contribution in [3.05, 3.63) is 0 Å². The first-order chi connectivity index (χ1) is 14.7. The molecule has 0 atom stereocenters. The molecule has 0 aliphatic heterocycles. The maximum atomic E-state index is 13.4. The maximum absolute atomic E-state index is 15.0. The summed E-state index contributed by atoms with van der Waals surface area (Å²) in [6, 6.07) is 0. The number of amidine groups is 1. The summed E-state index contributed by atoms with van der Waals surface area (Å²) in [4.78, 5) is 2.13. The molecular weight excluding hydrogens is 589 g/mol. The van der Waals surface area contributed by atoms with Gasteiger partial charge in [0.1, 0.15) is 0 Å². The van der Waals surface area contributed by atoms with Crippen molar-refractivity contribution in [3.8, 4) is 0 Å². The minimum absolute atomic E-state index is 1.13. The van der Waals surface area contributed by atoms with Crippen LogP contribution < -0.4 is 0 Å². The predicted molar refractivity (Wildman–Crippen MR) is 92.2 cm³/mol. The first kappa shape index (κ1) is 36.1. The van der Waals surface area contributed by atoms with Gasteiger partial charge >= 0.3 is 126 Å². The Bertz CT molecular complexity index is 718. The normalized spacial score (nSPS) is 16.5. The van der Waals surface area contributed by atoms with Crippen molar-refractivity contribution >= 4 is 23.8 Å². The molecule has 0 heterocycles. The SMILES string of the molecule is CCSC(N(C)C)=[N+](C)C.FC(F)(F)C(F)(F)[P-](F)(F)(F)(C(F)(F)C(F)(F)F)C(F)(F)C(F)(F)F. The molecule has 0 aromatic heterocycles. The monoisotopic (exact) mass is 606 g/mol. The van der Waals surface area contributed by atoms with Crippen LogP contribution in [0, 0.1) is 0 Å². The molecule has 0 bridgehead atoms. The summed E-state index contributed by atoms with van der Waals surface area (Å²) in [6.45, 7) is -12.8. The average molecular weight is 606 g/mol. The third-order valence-electron chi connectivity index (χ3n) is 3.86. The molecule has 2 nitrogen and oxygen atoms in total. The van der Waals surface area contributed by atoms with Crippen LogP contribution >= 0.6 is 18.6 Å². The number of rotatable bonds is 4. The summed E-state index contributed by atoms with van der Waals surface area (Å²) in [6.07, 6.45) is -26.1. The molecule has 0 spiro atoms. The van der Waals surface area contributed by atoms with Gasteiger partial charge in [0, 0.05) is 5.75 Å². The zero-order valence-corrected chi connectivity index (χ0v) is 19.5. The first-order valence-electron chi connectivity index (χ1n) is 8.20. The van der Waals surface area contributed by atoms with E-state index >= 15 is 0 Å². The number of nitrogens with zero attached hydrogens (tertiary/aromatic N) is 2. The van der Waals surface area contributed by atoms with Crippen molar-refractivity contribution in [1.29, 1.82) is 0 Å². The molecule has 0 aliphatic rings. The minimum atomic E-state index is -15.0. The Balaban J connectivity index is 0. The zero-order valence-electron chi connectivity index (χ0n) is 17.8. The fraction of sp³-hybridized carbons (Fsp3) is 0.923. The van der Waals surface area contributed by atoms with Crippen LogP contribution in [0.15, 0.2) is 0 Å². The molecule has 0 radical (unpaired) electrons. The Hall–Kier alpha value is -1.01. The summed E-state index contributed by atoms with van der Waals surface area (Å²) < 4.78 is 225. The summed E-state index contributed by atoms with van der Waals surface area (Å²) in [5, 5.41) is 1.31. The summed E-state index contributed by atoms with van der Waals surface area (Å²) >= 11 is 1.86. The van der Waals surface area contributed by atoms with Crippen molar-refractivity contribution in [2.45, 2.75) is 42.4 Å². The quantitative estimate of drug-likeness (QED) is 0.105. The fourth-order valence-corrected chi connectivity index (χ4v) is 5.58. The van der Waals surface area contributed by atoms with Crippen LogP contribution in [-0.2, 0) is 0 Å². The van der Waals surface area contributed by atoms with Gasteiger partial charge in [-0.05, 0) is 11.8 Å². The topological polar surface area (TPSA) is 6.25 Å². The fourth-order valence-electron chi connectivity index (χ4n) is 2.13. The molecule has 0 saturated carbocycles. The van der Waals surface area contributed by atoms with Crippen molar-refractivity contribution in [2.24, 2.45) is 0 Å². The third-order valence-corrected chi connectivity index (χ3v) is 9.49. The van der Waals surface area contributed by atoms with Crippen molar-refractivity contribution in [2.75, 3.05) is 33.9 Å². The summed E-state index contributed by atoms with van der Waals surface area (Å²) in [5.74, 6) is 1.13. The van der Waals surface area contributed by atoms with E-state index in [2.05, 4.69) is 44.6 Å². The van der Waals surface area contributed by atoms with Gasteiger partial charge in [0.25, 0.3) is 0 Å². The van der Waals surface area contributed by atoms with E-state index < -0.39 is 42.4 Å². The van der Waals surface area contributed by atoms with Crippen molar-refractivity contribution in [3.63, 3.8) is 0 Å². The van der Waals surface area contributed by atoms with Gasteiger partial charge in [-0.3, -0.25) is 9.48 Å². The van der Waals surface area contributed by atoms with Crippen LogP contribution in [0.4, 0.5) is 78.4 Å². The third kappa shape index (κ3) is 4.71. The summed E-state index contributed by atoms with van der Waals surface area (Å²) in [7, 11) is 8.27. The Morgan fingerprint density at radius 1 is 0.629 bits per heavy atom. The van der Waals surface area contributed by atoms with Gasteiger partial charge < -0.3 is 0 Å². The van der Waals surface area contributed by atoms with Gasteiger partial charge in [0.05, 0.1) is 28.2 Å². The molecule has 216 valence electrons. The Labute approximate surface area is 189 Å².